The van der Waals surface area contributed by atoms with Crippen molar-refractivity contribution in [3.05, 3.63) is 75.8 Å². The molecule has 0 aromatic rings. The lowest BCUT2D eigenvalue weighted by atomic mass is 9.49. The highest BCUT2D eigenvalue weighted by molar-refractivity contribution is 6.26. The third-order valence-corrected chi connectivity index (χ3v) is 20.3. The molecule has 1 saturated carbocycles. The maximum absolute atomic E-state index is 15.8. The van der Waals surface area contributed by atoms with Crippen molar-refractivity contribution in [2.24, 2.45) is 40.9 Å². The van der Waals surface area contributed by atoms with E-state index in [1.807, 2.05) is 32.1 Å². The van der Waals surface area contributed by atoms with Crippen LogP contribution in [-0.2, 0) is 71.3 Å². The average Bonchev–Trinajstić information content (AvgIpc) is 1.69. The van der Waals surface area contributed by atoms with Gasteiger partial charge >= 0.3 is 18.0 Å². The predicted octanol–water partition coefficient (Wildman–Crippen LogP) is 5.28. The molecule has 27 atom stereocenters. The number of methoxy groups -OCH3 is 1. The number of aliphatic hydroxyl groups excluding tert-OH is 5. The topological polar surface area (TPSA) is 347 Å². The molecule has 5 aliphatic heterocycles. The van der Waals surface area contributed by atoms with Crippen LogP contribution in [0.15, 0.2) is 70.6 Å². The van der Waals surface area contributed by atoms with Crippen LogP contribution in [0.25, 0.3) is 0 Å². The van der Waals surface area contributed by atoms with E-state index in [0.717, 1.165) is 7.11 Å². The lowest BCUT2D eigenvalue weighted by molar-refractivity contribution is -0.335. The minimum Gasteiger partial charge on any atom is -0.762 e. The zero-order valence-corrected chi connectivity index (χ0v) is 52.9. The number of ether oxygens (including phenoxy) is 11. The summed E-state index contributed by atoms with van der Waals surface area (Å²) < 4.78 is 68.5. The van der Waals surface area contributed by atoms with Gasteiger partial charge in [-0.15, -0.1) is 0 Å². The highest BCUT2D eigenvalue weighted by Gasteiger charge is 2.65. The Morgan fingerprint density at radius 2 is 1.39 bits per heavy atom. The van der Waals surface area contributed by atoms with Crippen LogP contribution in [0.3, 0.4) is 0 Å². The van der Waals surface area contributed by atoms with E-state index in [4.69, 9.17) is 52.1 Å². The van der Waals surface area contributed by atoms with Gasteiger partial charge in [0.05, 0.1) is 79.5 Å². The van der Waals surface area contributed by atoms with E-state index in [9.17, 15) is 55.1 Å². The number of hydrogen-bond donors (Lipinski definition) is 7. The largest absolute Gasteiger partial charge is 0.762 e. The molecule has 4 aliphatic carbocycles. The van der Waals surface area contributed by atoms with Gasteiger partial charge in [-0.2, -0.15) is 0 Å². The molecule has 1 spiro atoms. The van der Waals surface area contributed by atoms with Crippen LogP contribution in [-0.4, -0.2) is 194 Å². The first-order valence-corrected chi connectivity index (χ1v) is 31.1. The third-order valence-electron chi connectivity index (χ3n) is 20.3. The van der Waals surface area contributed by atoms with Crippen molar-refractivity contribution in [3.63, 3.8) is 0 Å². The van der Waals surface area contributed by atoms with E-state index in [-0.39, 0.29) is 61.4 Å². The van der Waals surface area contributed by atoms with Crippen LogP contribution in [0.1, 0.15) is 128 Å². The molecular weight excluding hydrogens is 1160 g/mol. The number of carbonyl (C=O) groups is 5. The van der Waals surface area contributed by atoms with Crippen LogP contribution in [0.2, 0.25) is 0 Å². The van der Waals surface area contributed by atoms with Crippen LogP contribution in [0.5, 0.6) is 0 Å². The highest BCUT2D eigenvalue weighted by atomic mass is 16.8. The second kappa shape index (κ2) is 27.0. The number of hydrogen-bond acceptors (Lipinski definition) is 24. The molecule has 0 aromatic carbocycles. The van der Waals surface area contributed by atoms with Gasteiger partial charge in [-0.25, -0.2) is 9.59 Å². The number of hydroxylamine groups is 2. The Hall–Kier alpha value is -4.81. The summed E-state index contributed by atoms with van der Waals surface area (Å²) in [6, 6.07) is -1.07. The normalized spacial score (nSPS) is 47.3. The summed E-state index contributed by atoms with van der Waals surface area (Å²) in [7, 11) is 1.16. The molecule has 496 valence electrons. The van der Waals surface area contributed by atoms with Crippen molar-refractivity contribution in [1.29, 1.82) is 0 Å². The van der Waals surface area contributed by atoms with Crippen molar-refractivity contribution >= 4 is 29.6 Å². The minimum absolute atomic E-state index is 0.0206. The number of Topliss-reactive ketones (excluding diaryl/α,β-unsaturated/α-hetero) is 1. The van der Waals surface area contributed by atoms with Gasteiger partial charge in [-0.3, -0.25) is 19.6 Å². The molecule has 5 saturated heterocycles. The molecule has 0 aromatic heterocycles. The summed E-state index contributed by atoms with van der Waals surface area (Å²) in [6.45, 7) is 20.2. The average molecular weight is 1260 g/mol. The molecule has 0 unspecified atom stereocenters. The van der Waals surface area contributed by atoms with E-state index >= 15 is 4.79 Å². The molecule has 9 rings (SSSR count). The zero-order valence-electron chi connectivity index (χ0n) is 52.9. The Labute approximate surface area is 518 Å². The first-order valence-electron chi connectivity index (χ1n) is 31.1. The molecule has 6 fully saturated rings. The van der Waals surface area contributed by atoms with Crippen molar-refractivity contribution in [1.82, 2.24) is 10.5 Å². The number of fused-ring (bicyclic) bond motifs is 4. The standard InChI is InChI=1S/C64H91N2O23/c1-28-14-19-45(85-50-27-62(11,66(77)78)57(36(9)83-50)65-61(76)79-13)29(2)21-41-42(69)22-38(16-15-32(5)67)26-64(41)59(74)51(60(75)89-64)58(73)63(12)40(28)18-17-39-52(63)30(3)20-31(4)54(39)87-49-25-46(56(35(8)82-49)84-37(10)68)86-47-24-44(71)55(34(7)81-47)88-48-23-43(70)53(72)33(6)80-48/h14-18,21-22,30-31,33-36,39-50,52-57,69-73,77H,19-20,23-27H2,1-13H3,(H,65,76)/q-1/b16-15+,28-14-,29-21-,58-51-/t30-,31-,33-,34-,35-,36+,39-,40-,41+,42-,43+,44+,45-,46+,47-,48+,49-,50-,52+,53-,54-,55-,56-,57-,62-,63+,64-/m0/s1. The fourth-order valence-electron chi connectivity index (χ4n) is 15.8. The molecule has 1 amide bonds. The van der Waals surface area contributed by atoms with Crippen LogP contribution in [0, 0.1) is 46.1 Å². The highest BCUT2D eigenvalue weighted by Crippen LogP contribution is 2.61. The number of nitrogens with one attached hydrogen (secondary N) is 1. The second-order valence-electron chi connectivity index (χ2n) is 26.7. The number of ketones is 2. The molecule has 2 bridgehead atoms. The lowest BCUT2D eigenvalue weighted by Crippen LogP contribution is -2.67. The molecular formula is C64H91N2O23-. The summed E-state index contributed by atoms with van der Waals surface area (Å²) in [4.78, 5) is 68.0. The predicted molar refractivity (Wildman–Crippen MR) is 312 cm³/mol. The van der Waals surface area contributed by atoms with Crippen LogP contribution >= 0.6 is 0 Å². The van der Waals surface area contributed by atoms with Crippen LogP contribution in [0.4, 0.5) is 4.79 Å². The number of rotatable bonds is 13. The Balaban J connectivity index is 1.05. The number of carbonyl (C=O) groups excluding carboxylic acids is 5. The van der Waals surface area contributed by atoms with Gasteiger partial charge in [-0.1, -0.05) is 62.8 Å². The summed E-state index contributed by atoms with van der Waals surface area (Å²) >= 11 is 0. The first-order chi connectivity index (χ1) is 41.8. The van der Waals surface area contributed by atoms with Gasteiger partial charge in [0.25, 0.3) is 0 Å². The number of allylic oxidation sites excluding steroid dienone is 5. The van der Waals surface area contributed by atoms with Crippen molar-refractivity contribution in [2.45, 2.75) is 250 Å². The number of nitrogens with zero attached hydrogens (tertiary/aromatic N) is 1. The van der Waals surface area contributed by atoms with E-state index in [1.165, 1.54) is 39.0 Å². The second-order valence-corrected chi connectivity index (χ2v) is 26.7. The van der Waals surface area contributed by atoms with E-state index in [0.29, 0.717) is 23.1 Å². The monoisotopic (exact) mass is 1260 g/mol. The Kier molecular flexibility index (Phi) is 20.8. The fourth-order valence-corrected chi connectivity index (χ4v) is 15.8. The maximum atomic E-state index is 15.8. The number of amides is 1. The molecule has 89 heavy (non-hydrogen) atoms. The first kappa shape index (κ1) is 68.6. The van der Waals surface area contributed by atoms with Crippen molar-refractivity contribution in [3.8, 4) is 0 Å². The summed E-state index contributed by atoms with van der Waals surface area (Å²) in [5.41, 5.74) is -4.38. The number of esters is 2. The van der Waals surface area contributed by atoms with Crippen LogP contribution < -0.4 is 5.32 Å². The van der Waals surface area contributed by atoms with Gasteiger partial charge in [0.2, 0.25) is 5.78 Å². The summed E-state index contributed by atoms with van der Waals surface area (Å²) in [6.07, 6.45) is -5.39. The summed E-state index contributed by atoms with van der Waals surface area (Å²) in [5.74, 6) is -6.79. The van der Waals surface area contributed by atoms with Gasteiger partial charge in [0, 0.05) is 56.3 Å². The van der Waals surface area contributed by atoms with Crippen molar-refractivity contribution < 1.29 is 107 Å². The van der Waals surface area contributed by atoms with Gasteiger partial charge in [0.15, 0.2) is 42.6 Å². The SMILES string of the molecule is COC(=O)N[C@H]1[C@@H](C)O[C@@H](O[C@H]2C/C=C(/C)[C@@H]3C=C[C@@H]4[C@@H](O[C@H]5C[C@@H](O[C@H]6C[C@@H](O)[C@@H](O[C@@H]7C[C@@H](O)[C@@H](O)[C@H](C)O7)[C@H](C)O6)[C@@H](OC(C)=O)[C@H](C)O5)[C@@H](C)C[C@H](C)[C@H]4[C@]3(C)/C(O)=C3/C(=O)O[C@]4(CC(/C=C/C(C)=O)=C[C@H](O)[C@H]4/C=C\2C)C3=O)C[C@]1(C)N([O-])O. The van der Waals surface area contributed by atoms with E-state index in [1.54, 1.807) is 40.7 Å². The molecule has 25 heteroatoms. The molecule has 9 aliphatic rings. The number of aliphatic hydroxyl groups is 5. The van der Waals surface area contributed by atoms with Gasteiger partial charge < -0.3 is 93.4 Å². The molecule has 7 N–H and O–H groups in total. The molecule has 5 heterocycles. The lowest BCUT2D eigenvalue weighted by Gasteiger charge is -2.56. The Bertz CT molecular complexity index is 2830. The quantitative estimate of drug-likeness (QED) is 0.0308. The molecule has 0 radical (unpaired) electrons. The Morgan fingerprint density at radius 3 is 2.03 bits per heavy atom. The minimum atomic E-state index is -2.15. The third kappa shape index (κ3) is 13.5. The Morgan fingerprint density at radius 1 is 0.764 bits per heavy atom. The number of alkyl carbamates (subject to hydrolysis) is 1. The van der Waals surface area contributed by atoms with Gasteiger partial charge in [0.1, 0.15) is 29.6 Å². The zero-order chi connectivity index (χ0) is 65.1. The smallest absolute Gasteiger partial charge is 0.407 e. The van der Waals surface area contributed by atoms with E-state index in [2.05, 4.69) is 19.2 Å². The molecule has 25 nitrogen and oxygen atoms in total. The van der Waals surface area contributed by atoms with Crippen molar-refractivity contribution in [2.75, 3.05) is 7.11 Å². The fraction of sp³-hybridized carbons (Fsp3) is 0.734. The summed E-state index contributed by atoms with van der Waals surface area (Å²) in [5, 5.41) is 83.6. The van der Waals surface area contributed by atoms with E-state index < -0.39 is 186 Å². The maximum Gasteiger partial charge on any atom is 0.407 e. The van der Waals surface area contributed by atoms with Gasteiger partial charge in [-0.05, 0) is 103 Å².